The Morgan fingerprint density at radius 2 is 1.85 bits per heavy atom. The Labute approximate surface area is 240 Å². The fourth-order valence-electron chi connectivity index (χ4n) is 6.88. The monoisotopic (exact) mass is 554 g/mol. The average molecular weight is 555 g/mol. The molecule has 4 aromatic rings. The van der Waals surface area contributed by atoms with Crippen LogP contribution in [0.1, 0.15) is 71.0 Å². The van der Waals surface area contributed by atoms with Crippen LogP contribution in [0.5, 0.6) is 17.2 Å². The Bertz CT molecular complexity index is 1570. The molecule has 0 radical (unpaired) electrons. The SMILES string of the molecule is COC[C@@H](Cc1ccc(O)cc1)c1cc(OC)cc2c1-c1c(C3CCCCC3)c3ccc(C(N)=O)cc3n1CCO2. The number of hydrogen-bond acceptors (Lipinski definition) is 5. The molecule has 3 N–H and O–H groups in total. The highest BCUT2D eigenvalue weighted by Crippen LogP contribution is 2.50. The molecule has 7 nitrogen and oxygen atoms in total. The second-order valence-electron chi connectivity index (χ2n) is 11.3. The number of phenols is 1. The zero-order chi connectivity index (χ0) is 28.5. The smallest absolute Gasteiger partial charge is 0.248 e. The summed E-state index contributed by atoms with van der Waals surface area (Å²) in [6.45, 7) is 1.66. The first-order valence-electron chi connectivity index (χ1n) is 14.6. The number of methoxy groups -OCH3 is 2. The molecule has 0 bridgehead atoms. The molecule has 1 aliphatic heterocycles. The number of aromatic nitrogens is 1. The number of phenolic OH excluding ortho intramolecular Hbond substituents is 1. The number of amides is 1. The van der Waals surface area contributed by atoms with Crippen LogP contribution in [0, 0.1) is 0 Å². The number of hydrogen-bond donors (Lipinski definition) is 2. The second-order valence-corrected chi connectivity index (χ2v) is 11.3. The molecule has 3 aromatic carbocycles. The highest BCUT2D eigenvalue weighted by molar-refractivity contribution is 6.01. The molecule has 0 spiro atoms. The van der Waals surface area contributed by atoms with E-state index in [4.69, 9.17) is 19.9 Å². The molecular weight excluding hydrogens is 516 g/mol. The molecule has 2 aliphatic rings. The lowest BCUT2D eigenvalue weighted by Gasteiger charge is -2.26. The van der Waals surface area contributed by atoms with Gasteiger partial charge in [0.2, 0.25) is 5.91 Å². The van der Waals surface area contributed by atoms with Crippen molar-refractivity contribution in [2.75, 3.05) is 27.4 Å². The average Bonchev–Trinajstić information content (AvgIpc) is 3.18. The molecule has 1 fully saturated rings. The largest absolute Gasteiger partial charge is 0.508 e. The first kappa shape index (κ1) is 27.2. The van der Waals surface area contributed by atoms with Crippen molar-refractivity contribution in [1.82, 2.24) is 4.57 Å². The molecule has 41 heavy (non-hydrogen) atoms. The summed E-state index contributed by atoms with van der Waals surface area (Å²) in [5, 5.41) is 11.1. The van der Waals surface area contributed by atoms with Crippen LogP contribution in [0.25, 0.3) is 22.2 Å². The quantitative estimate of drug-likeness (QED) is 0.258. The minimum atomic E-state index is -0.425. The van der Waals surface area contributed by atoms with Gasteiger partial charge in [-0.3, -0.25) is 4.79 Å². The third-order valence-electron chi connectivity index (χ3n) is 8.78. The molecule has 0 saturated heterocycles. The number of aromatic hydroxyl groups is 1. The van der Waals surface area contributed by atoms with E-state index in [1.165, 1.54) is 35.9 Å². The Morgan fingerprint density at radius 3 is 2.56 bits per heavy atom. The lowest BCUT2D eigenvalue weighted by molar-refractivity contribution is 0.100. The minimum absolute atomic E-state index is 0.00180. The molecule has 1 aromatic heterocycles. The minimum Gasteiger partial charge on any atom is -0.508 e. The van der Waals surface area contributed by atoms with Crippen LogP contribution in [0.2, 0.25) is 0 Å². The van der Waals surface area contributed by atoms with Crippen molar-refractivity contribution in [1.29, 1.82) is 0 Å². The maximum atomic E-state index is 12.2. The fourth-order valence-corrected chi connectivity index (χ4v) is 6.88. The van der Waals surface area contributed by atoms with Crippen molar-refractivity contribution in [3.05, 3.63) is 76.9 Å². The van der Waals surface area contributed by atoms with E-state index in [0.29, 0.717) is 31.2 Å². The summed E-state index contributed by atoms with van der Waals surface area (Å²) in [7, 11) is 3.41. The molecule has 1 saturated carbocycles. The van der Waals surface area contributed by atoms with Crippen molar-refractivity contribution in [2.45, 2.75) is 56.9 Å². The summed E-state index contributed by atoms with van der Waals surface area (Å²) < 4.78 is 20.4. The van der Waals surface area contributed by atoms with Gasteiger partial charge >= 0.3 is 0 Å². The number of primary amides is 1. The van der Waals surface area contributed by atoms with Gasteiger partial charge in [0.1, 0.15) is 23.9 Å². The van der Waals surface area contributed by atoms with Crippen LogP contribution < -0.4 is 15.2 Å². The third kappa shape index (κ3) is 5.15. The summed E-state index contributed by atoms with van der Waals surface area (Å²) in [5.41, 5.74) is 13.1. The summed E-state index contributed by atoms with van der Waals surface area (Å²) in [5.74, 6) is 1.79. The van der Waals surface area contributed by atoms with E-state index in [2.05, 4.69) is 16.7 Å². The van der Waals surface area contributed by atoms with Crippen molar-refractivity contribution < 1.29 is 24.1 Å². The number of benzene rings is 3. The summed E-state index contributed by atoms with van der Waals surface area (Å²) in [6, 6.07) is 17.4. The van der Waals surface area contributed by atoms with Crippen LogP contribution in [0.3, 0.4) is 0 Å². The van der Waals surface area contributed by atoms with E-state index < -0.39 is 5.91 Å². The predicted octanol–water partition coefficient (Wildman–Crippen LogP) is 6.53. The number of fused-ring (bicyclic) bond motifs is 5. The van der Waals surface area contributed by atoms with Crippen LogP contribution in [-0.4, -0.2) is 43.0 Å². The Kier molecular flexibility index (Phi) is 7.63. The van der Waals surface area contributed by atoms with Gasteiger partial charge in [0.15, 0.2) is 0 Å². The number of ether oxygens (including phenoxy) is 3. The van der Waals surface area contributed by atoms with Gasteiger partial charge in [0.05, 0.1) is 26.0 Å². The molecule has 7 heteroatoms. The van der Waals surface area contributed by atoms with E-state index in [9.17, 15) is 9.90 Å². The van der Waals surface area contributed by atoms with Gasteiger partial charge in [0.25, 0.3) is 0 Å². The van der Waals surface area contributed by atoms with Gasteiger partial charge in [-0.1, -0.05) is 37.5 Å². The maximum Gasteiger partial charge on any atom is 0.248 e. The van der Waals surface area contributed by atoms with Gasteiger partial charge in [-0.2, -0.15) is 0 Å². The number of carbonyl (C=O) groups is 1. The Balaban J connectivity index is 1.63. The van der Waals surface area contributed by atoms with Crippen molar-refractivity contribution in [3.8, 4) is 28.5 Å². The third-order valence-corrected chi connectivity index (χ3v) is 8.78. The van der Waals surface area contributed by atoms with Crippen molar-refractivity contribution >= 4 is 16.8 Å². The number of rotatable bonds is 8. The van der Waals surface area contributed by atoms with E-state index in [0.717, 1.165) is 53.0 Å². The van der Waals surface area contributed by atoms with Crippen LogP contribution in [0.4, 0.5) is 0 Å². The maximum absolute atomic E-state index is 12.2. The highest BCUT2D eigenvalue weighted by Gasteiger charge is 2.33. The van der Waals surface area contributed by atoms with Gasteiger partial charge in [-0.15, -0.1) is 0 Å². The van der Waals surface area contributed by atoms with Crippen molar-refractivity contribution in [2.24, 2.45) is 5.73 Å². The zero-order valence-corrected chi connectivity index (χ0v) is 23.8. The molecule has 2 heterocycles. The molecular formula is C34H38N2O5. The normalized spacial score (nSPS) is 16.0. The molecule has 1 aliphatic carbocycles. The molecule has 6 rings (SSSR count). The number of nitrogens with two attached hydrogens (primary N) is 1. The molecule has 1 amide bonds. The summed E-state index contributed by atoms with van der Waals surface area (Å²) in [4.78, 5) is 12.2. The van der Waals surface area contributed by atoms with Gasteiger partial charge < -0.3 is 29.6 Å². The second kappa shape index (κ2) is 11.5. The summed E-state index contributed by atoms with van der Waals surface area (Å²) >= 11 is 0. The van der Waals surface area contributed by atoms with Gasteiger partial charge in [0, 0.05) is 41.1 Å². The van der Waals surface area contributed by atoms with Crippen molar-refractivity contribution in [3.63, 3.8) is 0 Å². The Morgan fingerprint density at radius 1 is 1.07 bits per heavy atom. The summed E-state index contributed by atoms with van der Waals surface area (Å²) in [6.07, 6.45) is 6.69. The van der Waals surface area contributed by atoms with E-state index >= 15 is 0 Å². The van der Waals surface area contributed by atoms with Gasteiger partial charge in [-0.05, 0) is 72.2 Å². The van der Waals surface area contributed by atoms with Gasteiger partial charge in [-0.25, -0.2) is 0 Å². The van der Waals surface area contributed by atoms with Crippen LogP contribution in [0.15, 0.2) is 54.6 Å². The van der Waals surface area contributed by atoms with E-state index in [-0.39, 0.29) is 11.7 Å². The Hall–Kier alpha value is -3.97. The molecule has 214 valence electrons. The lowest BCUT2D eigenvalue weighted by Crippen LogP contribution is -2.13. The highest BCUT2D eigenvalue weighted by atomic mass is 16.5. The zero-order valence-electron chi connectivity index (χ0n) is 23.8. The van der Waals surface area contributed by atoms with E-state index in [1.54, 1.807) is 26.4 Å². The first-order chi connectivity index (χ1) is 20.0. The van der Waals surface area contributed by atoms with Crippen LogP contribution >= 0.6 is 0 Å². The fraction of sp³-hybridized carbons (Fsp3) is 0.382. The van der Waals surface area contributed by atoms with E-state index in [1.807, 2.05) is 30.3 Å². The number of carbonyl (C=O) groups excluding carboxylic acids is 1. The molecule has 1 atom stereocenters. The lowest BCUT2D eigenvalue weighted by atomic mass is 9.80. The standard InChI is InChI=1S/C34H38N2O5/c1-39-20-24(16-21-8-11-25(37)12-9-21)28-18-26(40-2)19-30-32(28)33-31(22-6-4-3-5-7-22)27-13-10-23(34(35)38)17-29(27)36(33)14-15-41-30/h8-13,17-19,22,24,37H,3-7,14-16,20H2,1-2H3,(H2,35,38)/t24-/m1/s1. The number of nitrogens with zero attached hydrogens (tertiary/aromatic N) is 1. The predicted molar refractivity (Wildman–Crippen MR) is 160 cm³/mol. The van der Waals surface area contributed by atoms with Crippen LogP contribution in [-0.2, 0) is 17.7 Å². The first-order valence-corrected chi connectivity index (χ1v) is 14.6. The molecule has 0 unspecified atom stereocenters. The topological polar surface area (TPSA) is 95.9 Å².